The van der Waals surface area contributed by atoms with Crippen molar-refractivity contribution >= 4 is 11.0 Å². The third-order valence-electron chi connectivity index (χ3n) is 3.84. The largest absolute Gasteiger partial charge is 0.497 e. The van der Waals surface area contributed by atoms with Crippen LogP contribution >= 0.6 is 0 Å². The Kier molecular flexibility index (Phi) is 4.62. The molecule has 0 N–H and O–H groups in total. The van der Waals surface area contributed by atoms with Crippen LogP contribution in [0, 0.1) is 5.82 Å². The average Bonchev–Trinajstić information content (AvgIpc) is 2.56. The van der Waals surface area contributed by atoms with E-state index in [9.17, 15) is 9.18 Å². The first kappa shape index (κ1) is 16.2. The van der Waals surface area contributed by atoms with Gasteiger partial charge in [-0.15, -0.1) is 0 Å². The van der Waals surface area contributed by atoms with Crippen LogP contribution in [-0.2, 0) is 13.1 Å². The highest BCUT2D eigenvalue weighted by atomic mass is 19.1. The summed E-state index contributed by atoms with van der Waals surface area (Å²) in [5.41, 5.74) is 2.03. The van der Waals surface area contributed by atoms with Crippen molar-refractivity contribution in [1.82, 2.24) is 4.90 Å². The standard InChI is InChI=1S/C19H18FNO3/c1-21(11-13-3-5-15(20)6-4-13)12-14-9-19(22)24-18-8-7-16(23-2)10-17(14)18/h3-10H,11-12H2,1-2H3. The number of hydrogen-bond donors (Lipinski definition) is 0. The predicted molar refractivity (Wildman–Crippen MR) is 90.6 cm³/mol. The second kappa shape index (κ2) is 6.84. The summed E-state index contributed by atoms with van der Waals surface area (Å²) in [5.74, 6) is 0.457. The maximum absolute atomic E-state index is 13.0. The van der Waals surface area contributed by atoms with Crippen molar-refractivity contribution < 1.29 is 13.5 Å². The molecule has 3 aromatic rings. The third-order valence-corrected chi connectivity index (χ3v) is 3.84. The second-order valence-electron chi connectivity index (χ2n) is 5.75. The van der Waals surface area contributed by atoms with Gasteiger partial charge in [-0.25, -0.2) is 9.18 Å². The molecule has 2 aromatic carbocycles. The van der Waals surface area contributed by atoms with Gasteiger partial charge in [0.1, 0.15) is 17.1 Å². The zero-order chi connectivity index (χ0) is 17.1. The number of benzene rings is 2. The Hall–Kier alpha value is -2.66. The molecule has 0 aliphatic heterocycles. The number of halogens is 1. The van der Waals surface area contributed by atoms with Crippen LogP contribution in [0.1, 0.15) is 11.1 Å². The summed E-state index contributed by atoms with van der Waals surface area (Å²) in [4.78, 5) is 13.8. The summed E-state index contributed by atoms with van der Waals surface area (Å²) in [6.45, 7) is 1.21. The SMILES string of the molecule is COc1ccc2oc(=O)cc(CN(C)Cc3ccc(F)cc3)c2c1. The van der Waals surface area contributed by atoms with Crippen molar-refractivity contribution in [3.05, 3.63) is 75.9 Å². The van der Waals surface area contributed by atoms with Crippen LogP contribution in [0.2, 0.25) is 0 Å². The molecule has 0 aliphatic carbocycles. The van der Waals surface area contributed by atoms with Crippen LogP contribution in [0.3, 0.4) is 0 Å². The normalized spacial score (nSPS) is 11.2. The molecule has 0 fully saturated rings. The lowest BCUT2D eigenvalue weighted by Crippen LogP contribution is -2.18. The van der Waals surface area contributed by atoms with Crippen molar-refractivity contribution in [2.24, 2.45) is 0 Å². The van der Waals surface area contributed by atoms with Crippen LogP contribution in [0.15, 0.2) is 57.7 Å². The van der Waals surface area contributed by atoms with E-state index in [1.165, 1.54) is 18.2 Å². The molecule has 0 saturated carbocycles. The van der Waals surface area contributed by atoms with Gasteiger partial charge in [0.15, 0.2) is 0 Å². The number of methoxy groups -OCH3 is 1. The molecular formula is C19H18FNO3. The maximum atomic E-state index is 13.0. The van der Waals surface area contributed by atoms with E-state index < -0.39 is 0 Å². The molecule has 24 heavy (non-hydrogen) atoms. The average molecular weight is 327 g/mol. The summed E-state index contributed by atoms with van der Waals surface area (Å²) in [6, 6.07) is 13.3. The first-order chi connectivity index (χ1) is 11.5. The van der Waals surface area contributed by atoms with Crippen LogP contribution in [0.25, 0.3) is 11.0 Å². The van der Waals surface area contributed by atoms with E-state index in [0.717, 1.165) is 16.5 Å². The Morgan fingerprint density at radius 3 is 2.54 bits per heavy atom. The first-order valence-corrected chi connectivity index (χ1v) is 7.59. The van der Waals surface area contributed by atoms with Gasteiger partial charge in [0.05, 0.1) is 7.11 Å². The van der Waals surface area contributed by atoms with Gasteiger partial charge in [0.2, 0.25) is 0 Å². The highest BCUT2D eigenvalue weighted by Gasteiger charge is 2.10. The molecule has 0 unspecified atom stereocenters. The number of rotatable bonds is 5. The lowest BCUT2D eigenvalue weighted by Gasteiger charge is -2.18. The Balaban J connectivity index is 1.87. The fraction of sp³-hybridized carbons (Fsp3) is 0.211. The first-order valence-electron chi connectivity index (χ1n) is 7.59. The molecule has 0 saturated heterocycles. The molecule has 1 heterocycles. The molecule has 124 valence electrons. The minimum Gasteiger partial charge on any atom is -0.497 e. The molecule has 0 spiro atoms. The monoisotopic (exact) mass is 327 g/mol. The highest BCUT2D eigenvalue weighted by Crippen LogP contribution is 2.24. The summed E-state index contributed by atoms with van der Waals surface area (Å²) in [5, 5.41) is 0.847. The van der Waals surface area contributed by atoms with Gasteiger partial charge in [0, 0.05) is 24.5 Å². The fourth-order valence-electron chi connectivity index (χ4n) is 2.71. The van der Waals surface area contributed by atoms with Crippen molar-refractivity contribution in [2.75, 3.05) is 14.2 Å². The lowest BCUT2D eigenvalue weighted by atomic mass is 10.1. The van der Waals surface area contributed by atoms with Crippen LogP contribution < -0.4 is 10.4 Å². The lowest BCUT2D eigenvalue weighted by molar-refractivity contribution is 0.319. The molecule has 3 rings (SSSR count). The Morgan fingerprint density at radius 1 is 1.08 bits per heavy atom. The maximum Gasteiger partial charge on any atom is 0.336 e. The highest BCUT2D eigenvalue weighted by molar-refractivity contribution is 5.81. The minimum atomic E-state index is -0.377. The molecule has 5 heteroatoms. The van der Waals surface area contributed by atoms with E-state index in [4.69, 9.17) is 9.15 Å². The van der Waals surface area contributed by atoms with E-state index in [1.54, 1.807) is 31.4 Å². The smallest absolute Gasteiger partial charge is 0.336 e. The third kappa shape index (κ3) is 3.63. The van der Waals surface area contributed by atoms with Gasteiger partial charge in [0.25, 0.3) is 0 Å². The second-order valence-corrected chi connectivity index (χ2v) is 5.75. The van der Waals surface area contributed by atoms with Crippen molar-refractivity contribution in [1.29, 1.82) is 0 Å². The zero-order valence-corrected chi connectivity index (χ0v) is 13.6. The summed E-state index contributed by atoms with van der Waals surface area (Å²) in [7, 11) is 3.55. The number of fused-ring (bicyclic) bond motifs is 1. The van der Waals surface area contributed by atoms with E-state index >= 15 is 0 Å². The molecule has 0 aliphatic rings. The Labute approximate surface area is 139 Å². The van der Waals surface area contributed by atoms with Gasteiger partial charge < -0.3 is 9.15 Å². The summed E-state index contributed by atoms with van der Waals surface area (Å²) < 4.78 is 23.5. The van der Waals surface area contributed by atoms with Crippen LogP contribution in [0.5, 0.6) is 5.75 Å². The molecular weight excluding hydrogens is 309 g/mol. The molecule has 0 atom stereocenters. The molecule has 0 bridgehead atoms. The van der Waals surface area contributed by atoms with Gasteiger partial charge in [-0.3, -0.25) is 4.90 Å². The van der Waals surface area contributed by atoms with E-state index in [0.29, 0.717) is 24.4 Å². The van der Waals surface area contributed by atoms with Crippen molar-refractivity contribution in [2.45, 2.75) is 13.1 Å². The molecule has 0 amide bonds. The van der Waals surface area contributed by atoms with Crippen molar-refractivity contribution in [3.8, 4) is 5.75 Å². The number of hydrogen-bond acceptors (Lipinski definition) is 4. The van der Waals surface area contributed by atoms with Gasteiger partial charge in [-0.1, -0.05) is 12.1 Å². The predicted octanol–water partition coefficient (Wildman–Crippen LogP) is 3.57. The number of nitrogens with zero attached hydrogens (tertiary/aromatic N) is 1. The van der Waals surface area contributed by atoms with E-state index in [-0.39, 0.29) is 11.4 Å². The quantitative estimate of drug-likeness (QED) is 0.672. The van der Waals surface area contributed by atoms with Crippen molar-refractivity contribution in [3.63, 3.8) is 0 Å². The topological polar surface area (TPSA) is 42.7 Å². The van der Waals surface area contributed by atoms with E-state index in [2.05, 4.69) is 4.90 Å². The minimum absolute atomic E-state index is 0.250. The summed E-state index contributed by atoms with van der Waals surface area (Å²) in [6.07, 6.45) is 0. The number of ether oxygens (including phenoxy) is 1. The van der Waals surface area contributed by atoms with Crippen LogP contribution in [0.4, 0.5) is 4.39 Å². The molecule has 0 radical (unpaired) electrons. The fourth-order valence-corrected chi connectivity index (χ4v) is 2.71. The zero-order valence-electron chi connectivity index (χ0n) is 13.6. The van der Waals surface area contributed by atoms with Crippen LogP contribution in [-0.4, -0.2) is 19.1 Å². The van der Waals surface area contributed by atoms with Gasteiger partial charge >= 0.3 is 5.63 Å². The Bertz CT molecular complexity index is 903. The molecule has 1 aromatic heterocycles. The van der Waals surface area contributed by atoms with Gasteiger partial charge in [-0.05, 0) is 48.5 Å². The van der Waals surface area contributed by atoms with Gasteiger partial charge in [-0.2, -0.15) is 0 Å². The molecule has 4 nitrogen and oxygen atoms in total. The Morgan fingerprint density at radius 2 is 1.83 bits per heavy atom. The van der Waals surface area contributed by atoms with E-state index in [1.807, 2.05) is 13.1 Å². The summed E-state index contributed by atoms with van der Waals surface area (Å²) >= 11 is 0.